The van der Waals surface area contributed by atoms with E-state index in [4.69, 9.17) is 31.4 Å². The van der Waals surface area contributed by atoms with Crippen LogP contribution in [-0.2, 0) is 13.0 Å². The lowest BCUT2D eigenvalue weighted by molar-refractivity contribution is 0.145. The zero-order valence-corrected chi connectivity index (χ0v) is 12.9. The highest BCUT2D eigenvalue weighted by atomic mass is 16.5. The number of rotatable bonds is 5. The van der Waals surface area contributed by atoms with E-state index in [2.05, 4.69) is 4.98 Å². The predicted molar refractivity (Wildman–Crippen MR) is 87.6 cm³/mol. The van der Waals surface area contributed by atoms with Gasteiger partial charge < -0.3 is 31.4 Å². The average Bonchev–Trinajstić information content (AvgIpc) is 2.97. The van der Waals surface area contributed by atoms with Gasteiger partial charge in [0, 0.05) is 29.8 Å². The zero-order valence-electron chi connectivity index (χ0n) is 12.9. The first-order valence-electron chi connectivity index (χ1n) is 7.32. The summed E-state index contributed by atoms with van der Waals surface area (Å²) in [6, 6.07) is 7.37. The summed E-state index contributed by atoms with van der Waals surface area (Å²) in [5, 5.41) is 0. The van der Waals surface area contributed by atoms with Crippen LogP contribution in [0.3, 0.4) is 0 Å². The molecule has 0 fully saturated rings. The van der Waals surface area contributed by atoms with Gasteiger partial charge in [0.15, 0.2) is 0 Å². The maximum Gasteiger partial charge on any atom is 0.221 e. The van der Waals surface area contributed by atoms with Crippen LogP contribution in [0.5, 0.6) is 17.4 Å². The quantitative estimate of drug-likeness (QED) is 0.755. The lowest BCUT2D eigenvalue weighted by Crippen LogP contribution is -2.22. The molecule has 6 N–H and O–H groups in total. The molecule has 1 aromatic heterocycles. The van der Waals surface area contributed by atoms with Gasteiger partial charge in [0.25, 0.3) is 0 Å². The van der Waals surface area contributed by atoms with Gasteiger partial charge >= 0.3 is 0 Å². The van der Waals surface area contributed by atoms with Crippen LogP contribution in [0.15, 0.2) is 24.3 Å². The summed E-state index contributed by atoms with van der Waals surface area (Å²) in [5.74, 6) is 2.32. The molecule has 0 saturated carbocycles. The Bertz CT molecular complexity index is 703. The van der Waals surface area contributed by atoms with Crippen molar-refractivity contribution in [1.29, 1.82) is 0 Å². The molecule has 23 heavy (non-hydrogen) atoms. The summed E-state index contributed by atoms with van der Waals surface area (Å²) < 4.78 is 16.6. The molecule has 7 heteroatoms. The van der Waals surface area contributed by atoms with Gasteiger partial charge in [0.05, 0.1) is 7.11 Å². The normalized spacial score (nSPS) is 15.8. The molecule has 2 aromatic rings. The molecule has 1 aliphatic rings. The van der Waals surface area contributed by atoms with Crippen molar-refractivity contribution in [2.24, 2.45) is 5.73 Å². The van der Waals surface area contributed by atoms with Crippen molar-refractivity contribution < 1.29 is 14.2 Å². The molecule has 1 unspecified atom stereocenters. The number of ether oxygens (including phenoxy) is 3. The van der Waals surface area contributed by atoms with Crippen molar-refractivity contribution in [2.45, 2.75) is 19.1 Å². The molecule has 2 heterocycles. The monoisotopic (exact) mass is 316 g/mol. The number of nitrogens with two attached hydrogens (primary N) is 3. The Labute approximate surface area is 134 Å². The van der Waals surface area contributed by atoms with Gasteiger partial charge in [-0.2, -0.15) is 4.98 Å². The van der Waals surface area contributed by atoms with Crippen molar-refractivity contribution in [1.82, 2.24) is 4.98 Å². The van der Waals surface area contributed by atoms with Crippen LogP contribution in [-0.4, -0.2) is 24.8 Å². The van der Waals surface area contributed by atoms with E-state index in [1.54, 1.807) is 7.11 Å². The Morgan fingerprint density at radius 2 is 1.91 bits per heavy atom. The zero-order chi connectivity index (χ0) is 16.4. The maximum absolute atomic E-state index is 6.11. The summed E-state index contributed by atoms with van der Waals surface area (Å²) in [6.45, 7) is 0.644. The highest BCUT2D eigenvalue weighted by Crippen LogP contribution is 2.36. The second kappa shape index (κ2) is 6.21. The van der Waals surface area contributed by atoms with Crippen molar-refractivity contribution in [3.05, 3.63) is 35.4 Å². The van der Waals surface area contributed by atoms with Gasteiger partial charge in [0.1, 0.15) is 30.0 Å². The lowest BCUT2D eigenvalue weighted by atomic mass is 10.1. The van der Waals surface area contributed by atoms with Crippen LogP contribution in [0.4, 0.5) is 11.5 Å². The Hall–Kier alpha value is -2.67. The van der Waals surface area contributed by atoms with Crippen molar-refractivity contribution in [3.63, 3.8) is 0 Å². The fourth-order valence-corrected chi connectivity index (χ4v) is 2.57. The Morgan fingerprint density at radius 3 is 2.57 bits per heavy atom. The molecule has 0 amide bonds. The summed E-state index contributed by atoms with van der Waals surface area (Å²) in [7, 11) is 1.62. The standard InChI is InChI=1S/C16H20N4O3/c1-21-9-2-4-10(5-3-9)22-8-11-6-12-14(18)13(7-17)15(19)20-16(12)23-11/h2-5,11H,6-8,17H2,1H3,(H4,18,19,20). The molecule has 1 aliphatic heterocycles. The molecule has 0 spiro atoms. The van der Waals surface area contributed by atoms with E-state index < -0.39 is 0 Å². The van der Waals surface area contributed by atoms with Crippen LogP contribution < -0.4 is 31.4 Å². The van der Waals surface area contributed by atoms with Gasteiger partial charge in [0.2, 0.25) is 5.88 Å². The van der Waals surface area contributed by atoms with E-state index in [-0.39, 0.29) is 12.6 Å². The molecule has 0 saturated heterocycles. The largest absolute Gasteiger partial charge is 0.497 e. The van der Waals surface area contributed by atoms with Crippen molar-refractivity contribution in [3.8, 4) is 17.4 Å². The van der Waals surface area contributed by atoms with Gasteiger partial charge in [-0.05, 0) is 24.3 Å². The van der Waals surface area contributed by atoms with Crippen LogP contribution in [0.1, 0.15) is 11.1 Å². The van der Waals surface area contributed by atoms with Crippen LogP contribution >= 0.6 is 0 Å². The van der Waals surface area contributed by atoms with Crippen LogP contribution in [0.2, 0.25) is 0 Å². The van der Waals surface area contributed by atoms with E-state index in [1.807, 2.05) is 24.3 Å². The second-order valence-electron chi connectivity index (χ2n) is 5.31. The smallest absolute Gasteiger partial charge is 0.221 e. The highest BCUT2D eigenvalue weighted by molar-refractivity contribution is 5.66. The number of aromatic nitrogens is 1. The minimum absolute atomic E-state index is 0.158. The molecular formula is C16H20N4O3. The van der Waals surface area contributed by atoms with Crippen LogP contribution in [0, 0.1) is 0 Å². The molecule has 3 rings (SSSR count). The number of nitrogen functional groups attached to an aromatic ring is 2. The Balaban J connectivity index is 1.66. The molecule has 7 nitrogen and oxygen atoms in total. The summed E-state index contributed by atoms with van der Waals surface area (Å²) in [5.41, 5.74) is 19.7. The number of hydrogen-bond acceptors (Lipinski definition) is 7. The third-order valence-corrected chi connectivity index (χ3v) is 3.85. The number of hydrogen-bond donors (Lipinski definition) is 3. The van der Waals surface area contributed by atoms with Gasteiger partial charge in [-0.15, -0.1) is 0 Å². The molecule has 122 valence electrons. The molecule has 0 aliphatic carbocycles. The van der Waals surface area contributed by atoms with E-state index in [1.165, 1.54) is 0 Å². The fourth-order valence-electron chi connectivity index (χ4n) is 2.57. The van der Waals surface area contributed by atoms with Crippen molar-refractivity contribution >= 4 is 11.5 Å². The lowest BCUT2D eigenvalue weighted by Gasteiger charge is -2.12. The predicted octanol–water partition coefficient (Wildman–Crippen LogP) is 1.10. The molecule has 1 atom stereocenters. The molecule has 0 radical (unpaired) electrons. The van der Waals surface area contributed by atoms with E-state index in [0.717, 1.165) is 17.1 Å². The minimum Gasteiger partial charge on any atom is -0.497 e. The maximum atomic E-state index is 6.11. The third-order valence-electron chi connectivity index (χ3n) is 3.85. The van der Waals surface area contributed by atoms with E-state index in [0.29, 0.717) is 36.0 Å². The molecule has 1 aromatic carbocycles. The Morgan fingerprint density at radius 1 is 1.22 bits per heavy atom. The van der Waals surface area contributed by atoms with Gasteiger partial charge in [-0.1, -0.05) is 0 Å². The van der Waals surface area contributed by atoms with Crippen molar-refractivity contribution in [2.75, 3.05) is 25.2 Å². The number of fused-ring (bicyclic) bond motifs is 1. The number of anilines is 2. The van der Waals surface area contributed by atoms with Gasteiger partial charge in [-0.3, -0.25) is 0 Å². The highest BCUT2D eigenvalue weighted by Gasteiger charge is 2.29. The average molecular weight is 316 g/mol. The molecular weight excluding hydrogens is 296 g/mol. The first-order chi connectivity index (χ1) is 11.1. The Kier molecular flexibility index (Phi) is 4.12. The minimum atomic E-state index is -0.158. The van der Waals surface area contributed by atoms with E-state index >= 15 is 0 Å². The number of benzene rings is 1. The van der Waals surface area contributed by atoms with Gasteiger partial charge in [-0.25, -0.2) is 0 Å². The summed E-state index contributed by atoms with van der Waals surface area (Å²) >= 11 is 0. The molecule has 0 bridgehead atoms. The number of methoxy groups -OCH3 is 1. The SMILES string of the molecule is COc1ccc(OCC2Cc3c(nc(N)c(CN)c3N)O2)cc1. The third kappa shape index (κ3) is 2.95. The second-order valence-corrected chi connectivity index (χ2v) is 5.31. The fraction of sp³-hybridized carbons (Fsp3) is 0.312. The van der Waals surface area contributed by atoms with E-state index in [9.17, 15) is 0 Å². The number of nitrogens with zero attached hydrogens (tertiary/aromatic N) is 1. The first-order valence-corrected chi connectivity index (χ1v) is 7.32. The first kappa shape index (κ1) is 15.2. The topological polar surface area (TPSA) is 119 Å². The van der Waals surface area contributed by atoms with Crippen LogP contribution in [0.25, 0.3) is 0 Å². The summed E-state index contributed by atoms with van der Waals surface area (Å²) in [4.78, 5) is 4.24. The number of pyridine rings is 1. The summed E-state index contributed by atoms with van der Waals surface area (Å²) in [6.07, 6.45) is 0.465.